The first-order valence-corrected chi connectivity index (χ1v) is 7.25. The number of hydrogen-bond donors (Lipinski definition) is 1. The third-order valence-corrected chi connectivity index (χ3v) is 4.67. The zero-order valence-electron chi connectivity index (χ0n) is 12.5. The van der Waals surface area contributed by atoms with Crippen LogP contribution in [-0.4, -0.2) is 18.9 Å². The molecule has 0 radical (unpaired) electrons. The lowest BCUT2D eigenvalue weighted by Gasteiger charge is -2.36. The third-order valence-electron chi connectivity index (χ3n) is 4.67. The third kappa shape index (κ3) is 2.89. The highest BCUT2D eigenvalue weighted by Crippen LogP contribution is 2.35. The molecule has 19 heavy (non-hydrogen) atoms. The van der Waals surface area contributed by atoms with Crippen LogP contribution in [0.5, 0.6) is 0 Å². The summed E-state index contributed by atoms with van der Waals surface area (Å²) in [5.74, 6) is 0.722. The van der Waals surface area contributed by atoms with Crippen LogP contribution >= 0.6 is 0 Å². The van der Waals surface area contributed by atoms with Crippen LogP contribution in [0.15, 0.2) is 18.2 Å². The molecule has 1 fully saturated rings. The minimum atomic E-state index is -0.283. The second-order valence-corrected chi connectivity index (χ2v) is 6.39. The minimum absolute atomic E-state index is 0.282. The molecule has 2 heteroatoms. The number of carbonyl (C=O) groups is 1. The predicted molar refractivity (Wildman–Crippen MR) is 79.6 cm³/mol. The van der Waals surface area contributed by atoms with Gasteiger partial charge < -0.3 is 5.32 Å². The number of Topliss-reactive ketones (excluding diaryl/α,β-unsaturated/α-hetero) is 1. The molecule has 0 aliphatic carbocycles. The fraction of sp³-hybridized carbons (Fsp3) is 0.588. The molecule has 1 saturated heterocycles. The van der Waals surface area contributed by atoms with E-state index in [1.165, 1.54) is 17.5 Å². The van der Waals surface area contributed by atoms with E-state index in [1.54, 1.807) is 0 Å². The first kappa shape index (κ1) is 14.3. The highest BCUT2D eigenvalue weighted by Gasteiger charge is 2.37. The minimum Gasteiger partial charge on any atom is -0.316 e. The van der Waals surface area contributed by atoms with Crippen molar-refractivity contribution >= 4 is 5.78 Å². The zero-order valence-corrected chi connectivity index (χ0v) is 12.5. The monoisotopic (exact) mass is 259 g/mol. The van der Waals surface area contributed by atoms with Crippen LogP contribution in [0.2, 0.25) is 0 Å². The van der Waals surface area contributed by atoms with Gasteiger partial charge in [-0.2, -0.15) is 0 Å². The van der Waals surface area contributed by atoms with E-state index >= 15 is 0 Å². The van der Waals surface area contributed by atoms with Gasteiger partial charge in [0.2, 0.25) is 0 Å². The first-order valence-electron chi connectivity index (χ1n) is 7.25. The van der Waals surface area contributed by atoms with Crippen LogP contribution in [0, 0.1) is 25.2 Å². The molecule has 1 N–H and O–H groups in total. The predicted octanol–water partition coefficient (Wildman–Crippen LogP) is 3.51. The molecule has 0 aromatic heterocycles. The van der Waals surface area contributed by atoms with Gasteiger partial charge in [0.25, 0.3) is 0 Å². The summed E-state index contributed by atoms with van der Waals surface area (Å²) < 4.78 is 0. The van der Waals surface area contributed by atoms with Gasteiger partial charge in [-0.3, -0.25) is 4.79 Å². The zero-order chi connectivity index (χ0) is 14.0. The molecule has 0 bridgehead atoms. The molecule has 1 heterocycles. The second kappa shape index (κ2) is 5.46. The van der Waals surface area contributed by atoms with Gasteiger partial charge in [-0.25, -0.2) is 0 Å². The van der Waals surface area contributed by atoms with Crippen molar-refractivity contribution in [3.8, 4) is 0 Å². The van der Waals surface area contributed by atoms with Gasteiger partial charge in [0.15, 0.2) is 5.78 Å². The standard InChI is InChI=1S/C17H25NO/c1-12-7-8-14(10-13(12)2)16(19)17(3,4)15-6-5-9-18-11-15/h7-8,10,15,18H,5-6,9,11H2,1-4H3. The number of ketones is 1. The fourth-order valence-electron chi connectivity index (χ4n) is 2.91. The van der Waals surface area contributed by atoms with Crippen LogP contribution in [0.25, 0.3) is 0 Å². The Bertz CT molecular complexity index is 470. The molecule has 1 aliphatic rings. The van der Waals surface area contributed by atoms with Crippen molar-refractivity contribution < 1.29 is 4.79 Å². The van der Waals surface area contributed by atoms with E-state index in [0.29, 0.717) is 5.92 Å². The Balaban J connectivity index is 2.23. The van der Waals surface area contributed by atoms with E-state index in [4.69, 9.17) is 0 Å². The summed E-state index contributed by atoms with van der Waals surface area (Å²) in [7, 11) is 0. The quantitative estimate of drug-likeness (QED) is 0.842. The normalized spacial score (nSPS) is 20.3. The van der Waals surface area contributed by atoms with E-state index in [0.717, 1.165) is 25.1 Å². The number of piperidine rings is 1. The summed E-state index contributed by atoms with van der Waals surface area (Å²) in [4.78, 5) is 12.8. The molecule has 104 valence electrons. The van der Waals surface area contributed by atoms with Crippen LogP contribution in [0.3, 0.4) is 0 Å². The SMILES string of the molecule is Cc1ccc(C(=O)C(C)(C)C2CCCNC2)cc1C. The van der Waals surface area contributed by atoms with Gasteiger partial charge in [-0.15, -0.1) is 0 Å². The Hall–Kier alpha value is -1.15. The molecule has 1 aromatic rings. The fourth-order valence-corrected chi connectivity index (χ4v) is 2.91. The number of rotatable bonds is 3. The number of benzene rings is 1. The van der Waals surface area contributed by atoms with Crippen LogP contribution in [0.4, 0.5) is 0 Å². The summed E-state index contributed by atoms with van der Waals surface area (Å²) in [6.07, 6.45) is 2.32. The summed E-state index contributed by atoms with van der Waals surface area (Å²) in [5.41, 5.74) is 3.02. The van der Waals surface area contributed by atoms with Gasteiger partial charge in [0, 0.05) is 11.0 Å². The molecule has 1 aromatic carbocycles. The molecule has 0 spiro atoms. The van der Waals surface area contributed by atoms with E-state index in [9.17, 15) is 4.79 Å². The number of nitrogens with one attached hydrogen (secondary N) is 1. The number of carbonyl (C=O) groups excluding carboxylic acids is 1. The molecule has 0 amide bonds. The molecule has 1 atom stereocenters. The first-order chi connectivity index (χ1) is 8.93. The lowest BCUT2D eigenvalue weighted by Crippen LogP contribution is -2.42. The molecule has 2 nitrogen and oxygen atoms in total. The Morgan fingerprint density at radius 3 is 2.58 bits per heavy atom. The van der Waals surface area contributed by atoms with E-state index < -0.39 is 0 Å². The van der Waals surface area contributed by atoms with Crippen molar-refractivity contribution in [3.05, 3.63) is 34.9 Å². The maximum Gasteiger partial charge on any atom is 0.168 e. The van der Waals surface area contributed by atoms with Crippen molar-refractivity contribution in [1.29, 1.82) is 0 Å². The topological polar surface area (TPSA) is 29.1 Å². The van der Waals surface area contributed by atoms with Crippen LogP contribution < -0.4 is 5.32 Å². The summed E-state index contributed by atoms with van der Waals surface area (Å²) >= 11 is 0. The number of hydrogen-bond acceptors (Lipinski definition) is 2. The maximum absolute atomic E-state index is 12.8. The lowest BCUT2D eigenvalue weighted by atomic mass is 9.70. The van der Waals surface area contributed by atoms with E-state index in [2.05, 4.69) is 39.1 Å². The van der Waals surface area contributed by atoms with Gasteiger partial charge in [0.1, 0.15) is 0 Å². The van der Waals surface area contributed by atoms with Crippen molar-refractivity contribution in [2.45, 2.75) is 40.5 Å². The van der Waals surface area contributed by atoms with Gasteiger partial charge >= 0.3 is 0 Å². The average molecular weight is 259 g/mol. The Kier molecular flexibility index (Phi) is 4.10. The highest BCUT2D eigenvalue weighted by molar-refractivity contribution is 6.00. The summed E-state index contributed by atoms with van der Waals surface area (Å²) in [6, 6.07) is 6.07. The highest BCUT2D eigenvalue weighted by atomic mass is 16.1. The lowest BCUT2D eigenvalue weighted by molar-refractivity contribution is 0.0708. The molecule has 0 saturated carbocycles. The van der Waals surface area contributed by atoms with Crippen molar-refractivity contribution in [3.63, 3.8) is 0 Å². The molecule has 2 rings (SSSR count). The molecular weight excluding hydrogens is 234 g/mol. The smallest absolute Gasteiger partial charge is 0.168 e. The van der Waals surface area contributed by atoms with E-state index in [-0.39, 0.29) is 11.2 Å². The van der Waals surface area contributed by atoms with Crippen LogP contribution in [-0.2, 0) is 0 Å². The Morgan fingerprint density at radius 1 is 1.26 bits per heavy atom. The van der Waals surface area contributed by atoms with Crippen molar-refractivity contribution in [2.75, 3.05) is 13.1 Å². The molecule has 1 unspecified atom stereocenters. The second-order valence-electron chi connectivity index (χ2n) is 6.39. The van der Waals surface area contributed by atoms with Gasteiger partial charge in [-0.1, -0.05) is 26.0 Å². The van der Waals surface area contributed by atoms with Crippen molar-refractivity contribution in [1.82, 2.24) is 5.32 Å². The Morgan fingerprint density at radius 2 is 2.00 bits per heavy atom. The van der Waals surface area contributed by atoms with Gasteiger partial charge in [-0.05, 0) is 62.9 Å². The largest absolute Gasteiger partial charge is 0.316 e. The number of aryl methyl sites for hydroxylation is 2. The van der Waals surface area contributed by atoms with Gasteiger partial charge in [0.05, 0.1) is 0 Å². The van der Waals surface area contributed by atoms with E-state index in [1.807, 2.05) is 12.1 Å². The maximum atomic E-state index is 12.8. The molecule has 1 aliphatic heterocycles. The van der Waals surface area contributed by atoms with Crippen LogP contribution in [0.1, 0.15) is 48.2 Å². The average Bonchev–Trinajstić information content (AvgIpc) is 2.42. The molecular formula is C17H25NO. The summed E-state index contributed by atoms with van der Waals surface area (Å²) in [6.45, 7) is 10.4. The summed E-state index contributed by atoms with van der Waals surface area (Å²) in [5, 5.41) is 3.42. The van der Waals surface area contributed by atoms with Crippen molar-refractivity contribution in [2.24, 2.45) is 11.3 Å². The Labute approximate surface area is 116 Å².